The monoisotopic (exact) mass is 337 g/mol. The molecular formula is C21H23NO3. The molecule has 2 fully saturated rings. The summed E-state index contributed by atoms with van der Waals surface area (Å²) in [6.07, 6.45) is 3.93. The number of benzene rings is 2. The lowest BCUT2D eigenvalue weighted by Crippen LogP contribution is -2.33. The molecule has 0 aliphatic carbocycles. The summed E-state index contributed by atoms with van der Waals surface area (Å²) < 4.78 is 6.19. The Hall–Kier alpha value is -2.33. The standard InChI is InChI=1S/C21H23NO3/c23-21(24)15-8-6-14(7-9-15)12-17-18(20-11-10-19(17)25-20)13-22-16-4-2-1-3-5-16/h1-9,17-20,22H,10-13H2,(H,23,24). The third kappa shape index (κ3) is 3.40. The zero-order valence-electron chi connectivity index (χ0n) is 14.1. The van der Waals surface area contributed by atoms with Gasteiger partial charge in [0.2, 0.25) is 0 Å². The molecule has 4 nitrogen and oxygen atoms in total. The number of aromatic carboxylic acids is 1. The van der Waals surface area contributed by atoms with E-state index in [0.29, 0.717) is 29.6 Å². The van der Waals surface area contributed by atoms with Gasteiger partial charge in [-0.05, 0) is 55.0 Å². The molecule has 2 aliphatic rings. The lowest BCUT2D eigenvalue weighted by atomic mass is 9.76. The molecule has 0 aromatic heterocycles. The normalized spacial score (nSPS) is 27.4. The van der Waals surface area contributed by atoms with Crippen LogP contribution in [0.1, 0.15) is 28.8 Å². The Balaban J connectivity index is 1.44. The van der Waals surface area contributed by atoms with Gasteiger partial charge in [-0.3, -0.25) is 0 Å². The first-order valence-corrected chi connectivity index (χ1v) is 8.97. The number of fused-ring (bicyclic) bond motifs is 2. The zero-order valence-corrected chi connectivity index (χ0v) is 14.1. The van der Waals surface area contributed by atoms with Crippen LogP contribution in [0.5, 0.6) is 0 Å². The number of hydrogen-bond acceptors (Lipinski definition) is 3. The van der Waals surface area contributed by atoms with Crippen molar-refractivity contribution in [1.82, 2.24) is 0 Å². The topological polar surface area (TPSA) is 58.6 Å². The second kappa shape index (κ2) is 6.89. The Morgan fingerprint density at radius 1 is 1.00 bits per heavy atom. The van der Waals surface area contributed by atoms with Gasteiger partial charge in [0.05, 0.1) is 17.8 Å². The summed E-state index contributed by atoms with van der Waals surface area (Å²) in [6.45, 7) is 0.920. The van der Waals surface area contributed by atoms with Crippen molar-refractivity contribution in [3.05, 3.63) is 65.7 Å². The minimum atomic E-state index is -0.875. The van der Waals surface area contributed by atoms with Crippen molar-refractivity contribution in [2.24, 2.45) is 11.8 Å². The molecule has 2 N–H and O–H groups in total. The van der Waals surface area contributed by atoms with E-state index in [0.717, 1.165) is 31.5 Å². The fourth-order valence-electron chi connectivity index (χ4n) is 4.28. The molecule has 130 valence electrons. The molecular weight excluding hydrogens is 314 g/mol. The molecule has 0 spiro atoms. The Labute approximate surface area is 147 Å². The number of anilines is 1. The molecule has 0 amide bonds. The lowest BCUT2D eigenvalue weighted by molar-refractivity contribution is 0.0696. The summed E-state index contributed by atoms with van der Waals surface area (Å²) >= 11 is 0. The molecule has 25 heavy (non-hydrogen) atoms. The average molecular weight is 337 g/mol. The average Bonchev–Trinajstić information content (AvgIpc) is 3.23. The van der Waals surface area contributed by atoms with Crippen molar-refractivity contribution in [1.29, 1.82) is 0 Å². The van der Waals surface area contributed by atoms with Crippen LogP contribution >= 0.6 is 0 Å². The highest BCUT2D eigenvalue weighted by Crippen LogP contribution is 2.44. The van der Waals surface area contributed by atoms with Gasteiger partial charge >= 0.3 is 5.97 Å². The highest BCUT2D eigenvalue weighted by Gasteiger charge is 2.48. The number of hydrogen-bond donors (Lipinski definition) is 2. The maximum Gasteiger partial charge on any atom is 0.335 e. The first kappa shape index (κ1) is 16.2. The number of carbonyl (C=O) groups is 1. The molecule has 4 unspecified atom stereocenters. The van der Waals surface area contributed by atoms with Crippen LogP contribution < -0.4 is 5.32 Å². The largest absolute Gasteiger partial charge is 0.478 e. The zero-order chi connectivity index (χ0) is 17.2. The van der Waals surface area contributed by atoms with Crippen LogP contribution in [0.4, 0.5) is 5.69 Å². The van der Waals surface area contributed by atoms with Gasteiger partial charge in [0.1, 0.15) is 0 Å². The summed E-state index contributed by atoms with van der Waals surface area (Å²) in [7, 11) is 0. The number of rotatable bonds is 6. The number of para-hydroxylation sites is 1. The highest BCUT2D eigenvalue weighted by atomic mass is 16.5. The highest BCUT2D eigenvalue weighted by molar-refractivity contribution is 5.87. The van der Waals surface area contributed by atoms with Crippen LogP contribution in [0, 0.1) is 11.8 Å². The van der Waals surface area contributed by atoms with Crippen LogP contribution in [-0.2, 0) is 11.2 Å². The Kier molecular flexibility index (Phi) is 4.45. The smallest absolute Gasteiger partial charge is 0.335 e. The van der Waals surface area contributed by atoms with E-state index < -0.39 is 5.97 Å². The lowest BCUT2D eigenvalue weighted by Gasteiger charge is -2.28. The van der Waals surface area contributed by atoms with Crippen molar-refractivity contribution in [3.63, 3.8) is 0 Å². The van der Waals surface area contributed by atoms with Crippen LogP contribution in [0.2, 0.25) is 0 Å². The molecule has 0 radical (unpaired) electrons. The van der Waals surface area contributed by atoms with Crippen LogP contribution in [-0.4, -0.2) is 29.8 Å². The number of nitrogens with one attached hydrogen (secondary N) is 1. The van der Waals surface area contributed by atoms with Crippen LogP contribution in [0.25, 0.3) is 0 Å². The van der Waals surface area contributed by atoms with Crippen LogP contribution in [0.15, 0.2) is 54.6 Å². The van der Waals surface area contributed by atoms with Crippen molar-refractivity contribution in [2.75, 3.05) is 11.9 Å². The Bertz CT molecular complexity index is 729. The minimum Gasteiger partial charge on any atom is -0.478 e. The fraction of sp³-hybridized carbons (Fsp3) is 0.381. The third-order valence-corrected chi connectivity index (χ3v) is 5.58. The van der Waals surface area contributed by atoms with Gasteiger partial charge in [-0.2, -0.15) is 0 Å². The van der Waals surface area contributed by atoms with Gasteiger partial charge in [-0.1, -0.05) is 30.3 Å². The van der Waals surface area contributed by atoms with Crippen LogP contribution in [0.3, 0.4) is 0 Å². The van der Waals surface area contributed by atoms with E-state index in [1.54, 1.807) is 12.1 Å². The molecule has 2 aromatic carbocycles. The van der Waals surface area contributed by atoms with E-state index in [1.165, 1.54) is 5.56 Å². The van der Waals surface area contributed by atoms with Gasteiger partial charge < -0.3 is 15.2 Å². The molecule has 4 atom stereocenters. The molecule has 2 bridgehead atoms. The van der Waals surface area contributed by atoms with Crippen molar-refractivity contribution >= 4 is 11.7 Å². The predicted molar refractivity (Wildman–Crippen MR) is 96.9 cm³/mol. The second-order valence-corrected chi connectivity index (χ2v) is 7.07. The van der Waals surface area contributed by atoms with Gasteiger partial charge in [-0.15, -0.1) is 0 Å². The SMILES string of the molecule is O=C(O)c1ccc(CC2C3CCC(O3)C2CNc2ccccc2)cc1. The van der Waals surface area contributed by atoms with Gasteiger partial charge in [0.25, 0.3) is 0 Å². The quantitative estimate of drug-likeness (QED) is 0.841. The first-order chi connectivity index (χ1) is 12.2. The second-order valence-electron chi connectivity index (χ2n) is 7.07. The maximum absolute atomic E-state index is 11.0. The van der Waals surface area contributed by atoms with E-state index in [4.69, 9.17) is 9.84 Å². The maximum atomic E-state index is 11.0. The van der Waals surface area contributed by atoms with Gasteiger partial charge in [0.15, 0.2) is 0 Å². The molecule has 2 aliphatic heterocycles. The van der Waals surface area contributed by atoms with Gasteiger partial charge in [-0.25, -0.2) is 4.79 Å². The predicted octanol–water partition coefficient (Wildman–Crippen LogP) is 3.83. The number of carboxylic acid groups (broad SMARTS) is 1. The number of ether oxygens (including phenoxy) is 1. The number of carboxylic acids is 1. The summed E-state index contributed by atoms with van der Waals surface area (Å²) in [6, 6.07) is 17.6. The molecule has 2 heterocycles. The molecule has 2 saturated heterocycles. The van der Waals surface area contributed by atoms with E-state index in [-0.39, 0.29) is 0 Å². The third-order valence-electron chi connectivity index (χ3n) is 5.58. The summed E-state index contributed by atoms with van der Waals surface area (Å²) in [5.74, 6) is 0.114. The summed E-state index contributed by atoms with van der Waals surface area (Å²) in [4.78, 5) is 11.0. The fourth-order valence-corrected chi connectivity index (χ4v) is 4.28. The first-order valence-electron chi connectivity index (χ1n) is 8.97. The summed E-state index contributed by atoms with van der Waals surface area (Å²) in [5, 5.41) is 12.6. The molecule has 0 saturated carbocycles. The molecule has 2 aromatic rings. The molecule has 4 rings (SSSR count). The van der Waals surface area contributed by atoms with E-state index in [9.17, 15) is 4.79 Å². The minimum absolute atomic E-state index is 0.340. The van der Waals surface area contributed by atoms with Crippen molar-refractivity contribution in [3.8, 4) is 0 Å². The molecule has 4 heteroatoms. The van der Waals surface area contributed by atoms with Gasteiger partial charge in [0, 0.05) is 18.2 Å². The Morgan fingerprint density at radius 3 is 2.36 bits per heavy atom. The van der Waals surface area contributed by atoms with Crippen molar-refractivity contribution in [2.45, 2.75) is 31.5 Å². The van der Waals surface area contributed by atoms with E-state index in [1.807, 2.05) is 30.3 Å². The van der Waals surface area contributed by atoms with Crippen molar-refractivity contribution < 1.29 is 14.6 Å². The van der Waals surface area contributed by atoms with E-state index >= 15 is 0 Å². The Morgan fingerprint density at radius 2 is 1.68 bits per heavy atom. The summed E-state index contributed by atoms with van der Waals surface area (Å²) in [5.41, 5.74) is 2.68. The van der Waals surface area contributed by atoms with E-state index in [2.05, 4.69) is 17.4 Å².